The van der Waals surface area contributed by atoms with Crippen molar-refractivity contribution in [2.75, 3.05) is 0 Å². The van der Waals surface area contributed by atoms with Gasteiger partial charge in [-0.1, -0.05) is 42.5 Å². The zero-order valence-electron chi connectivity index (χ0n) is 16.1. The van der Waals surface area contributed by atoms with E-state index in [9.17, 15) is 9.18 Å². The predicted octanol–water partition coefficient (Wildman–Crippen LogP) is 3.56. The molecular weight excluding hydrogens is 401 g/mol. The molecule has 2 heterocycles. The van der Waals surface area contributed by atoms with Crippen molar-refractivity contribution in [3.63, 3.8) is 0 Å². The molecular formula is C22H20FN5OS. The molecule has 4 rings (SSSR count). The van der Waals surface area contributed by atoms with Crippen LogP contribution in [-0.2, 0) is 24.2 Å². The van der Waals surface area contributed by atoms with Gasteiger partial charge in [0.1, 0.15) is 18.5 Å². The predicted molar refractivity (Wildman–Crippen MR) is 112 cm³/mol. The van der Waals surface area contributed by atoms with Gasteiger partial charge in [-0.05, 0) is 23.3 Å². The smallest absolute Gasteiger partial charge is 0.226 e. The minimum absolute atomic E-state index is 0.109. The summed E-state index contributed by atoms with van der Waals surface area (Å²) in [5.74, 6) is -0.364. The molecule has 1 atom stereocenters. The van der Waals surface area contributed by atoms with E-state index in [1.807, 2.05) is 35.7 Å². The lowest BCUT2D eigenvalue weighted by Gasteiger charge is -2.19. The van der Waals surface area contributed by atoms with Gasteiger partial charge < -0.3 is 5.32 Å². The fourth-order valence-electron chi connectivity index (χ4n) is 3.13. The Balaban J connectivity index is 1.39. The molecule has 0 aliphatic rings. The van der Waals surface area contributed by atoms with Crippen LogP contribution in [0.4, 0.5) is 4.39 Å². The number of amides is 1. The summed E-state index contributed by atoms with van der Waals surface area (Å²) < 4.78 is 14.7. The number of nitrogens with one attached hydrogen (secondary N) is 1. The number of benzene rings is 2. The lowest BCUT2D eigenvalue weighted by atomic mass is 10.1. The van der Waals surface area contributed by atoms with Crippen molar-refractivity contribution in [3.05, 3.63) is 100 Å². The van der Waals surface area contributed by atoms with E-state index in [-0.39, 0.29) is 24.2 Å². The van der Waals surface area contributed by atoms with Crippen molar-refractivity contribution >= 4 is 17.2 Å². The second-order valence-electron chi connectivity index (χ2n) is 6.86. The van der Waals surface area contributed by atoms with E-state index in [0.29, 0.717) is 13.0 Å². The molecule has 30 heavy (non-hydrogen) atoms. The fourth-order valence-corrected chi connectivity index (χ4v) is 3.96. The summed E-state index contributed by atoms with van der Waals surface area (Å²) in [7, 11) is 0. The largest absolute Gasteiger partial charge is 0.347 e. The van der Waals surface area contributed by atoms with Crippen molar-refractivity contribution in [1.82, 2.24) is 25.1 Å². The molecule has 2 aromatic carbocycles. The van der Waals surface area contributed by atoms with E-state index in [4.69, 9.17) is 0 Å². The van der Waals surface area contributed by atoms with Gasteiger partial charge in [-0.15, -0.1) is 11.3 Å². The first-order valence-electron chi connectivity index (χ1n) is 9.50. The van der Waals surface area contributed by atoms with Crippen LogP contribution in [0.2, 0.25) is 0 Å². The standard InChI is InChI=1S/C22H20FN5OS/c23-18-8-6-16(7-9-18)10-22-26-19(13-30-22)11-21(29)27-20(12-28-15-24-14-25-28)17-4-2-1-3-5-17/h1-9,13-15,20H,10-12H2,(H,27,29). The van der Waals surface area contributed by atoms with Crippen LogP contribution in [-0.4, -0.2) is 25.7 Å². The highest BCUT2D eigenvalue weighted by Gasteiger charge is 2.17. The monoisotopic (exact) mass is 421 g/mol. The number of hydrogen-bond donors (Lipinski definition) is 1. The molecule has 0 saturated heterocycles. The van der Waals surface area contributed by atoms with E-state index in [1.54, 1.807) is 23.1 Å². The number of hydrogen-bond acceptors (Lipinski definition) is 5. The minimum atomic E-state index is -0.255. The van der Waals surface area contributed by atoms with E-state index >= 15 is 0 Å². The molecule has 1 amide bonds. The summed E-state index contributed by atoms with van der Waals surface area (Å²) in [6, 6.07) is 15.9. The molecule has 0 aliphatic heterocycles. The molecule has 0 saturated carbocycles. The molecule has 8 heteroatoms. The maximum absolute atomic E-state index is 13.1. The van der Waals surface area contributed by atoms with Crippen molar-refractivity contribution < 1.29 is 9.18 Å². The van der Waals surface area contributed by atoms with Gasteiger partial charge in [0.25, 0.3) is 0 Å². The topological polar surface area (TPSA) is 72.7 Å². The maximum Gasteiger partial charge on any atom is 0.226 e. The third-order valence-corrected chi connectivity index (χ3v) is 5.48. The van der Waals surface area contributed by atoms with Crippen LogP contribution in [0.15, 0.2) is 72.6 Å². The third-order valence-electron chi connectivity index (χ3n) is 4.58. The van der Waals surface area contributed by atoms with Gasteiger partial charge in [0, 0.05) is 11.8 Å². The number of aromatic nitrogens is 4. The lowest BCUT2D eigenvalue weighted by Crippen LogP contribution is -2.32. The number of carbonyl (C=O) groups is 1. The van der Waals surface area contributed by atoms with Gasteiger partial charge in [-0.3, -0.25) is 9.48 Å². The number of nitrogens with zero attached hydrogens (tertiary/aromatic N) is 4. The van der Waals surface area contributed by atoms with E-state index in [2.05, 4.69) is 20.4 Å². The first kappa shape index (κ1) is 19.9. The fraction of sp³-hybridized carbons (Fsp3) is 0.182. The van der Waals surface area contributed by atoms with E-state index in [0.717, 1.165) is 21.8 Å². The molecule has 0 spiro atoms. The Morgan fingerprint density at radius 1 is 1.13 bits per heavy atom. The number of rotatable bonds is 8. The Labute approximate surface area is 177 Å². The molecule has 2 aromatic heterocycles. The van der Waals surface area contributed by atoms with Gasteiger partial charge in [0.05, 0.1) is 29.7 Å². The molecule has 0 fully saturated rings. The second-order valence-corrected chi connectivity index (χ2v) is 7.80. The Morgan fingerprint density at radius 2 is 1.93 bits per heavy atom. The molecule has 0 aliphatic carbocycles. The lowest BCUT2D eigenvalue weighted by molar-refractivity contribution is -0.121. The van der Waals surface area contributed by atoms with Crippen LogP contribution in [0.1, 0.15) is 27.9 Å². The molecule has 152 valence electrons. The van der Waals surface area contributed by atoms with Crippen LogP contribution in [0.5, 0.6) is 0 Å². The minimum Gasteiger partial charge on any atom is -0.347 e. The summed E-state index contributed by atoms with van der Waals surface area (Å²) in [4.78, 5) is 21.2. The summed E-state index contributed by atoms with van der Waals surface area (Å²) in [5, 5.41) is 10.0. The van der Waals surface area contributed by atoms with Crippen LogP contribution in [0.25, 0.3) is 0 Å². The van der Waals surface area contributed by atoms with Crippen molar-refractivity contribution in [3.8, 4) is 0 Å². The summed E-state index contributed by atoms with van der Waals surface area (Å²) >= 11 is 1.50. The first-order valence-corrected chi connectivity index (χ1v) is 10.4. The SMILES string of the molecule is O=C(Cc1csc(Cc2ccc(F)cc2)n1)NC(Cn1cncn1)c1ccccc1. The summed E-state index contributed by atoms with van der Waals surface area (Å²) in [6.07, 6.45) is 3.91. The molecule has 1 N–H and O–H groups in total. The maximum atomic E-state index is 13.1. The zero-order chi connectivity index (χ0) is 20.8. The quantitative estimate of drug-likeness (QED) is 0.472. The Kier molecular flexibility index (Phi) is 6.24. The Hall–Kier alpha value is -3.39. The van der Waals surface area contributed by atoms with Gasteiger partial charge in [0.2, 0.25) is 5.91 Å². The number of halogens is 1. The number of carbonyl (C=O) groups excluding carboxylic acids is 1. The van der Waals surface area contributed by atoms with Crippen LogP contribution < -0.4 is 5.32 Å². The average molecular weight is 422 g/mol. The summed E-state index contributed by atoms with van der Waals surface area (Å²) in [5.41, 5.74) is 2.71. The number of thiazole rings is 1. The van der Waals surface area contributed by atoms with Crippen molar-refractivity contribution in [2.45, 2.75) is 25.4 Å². The second kappa shape index (κ2) is 9.41. The highest BCUT2D eigenvalue weighted by molar-refractivity contribution is 7.09. The van der Waals surface area contributed by atoms with Gasteiger partial charge in [-0.2, -0.15) is 5.10 Å². The van der Waals surface area contributed by atoms with Gasteiger partial charge >= 0.3 is 0 Å². The van der Waals surface area contributed by atoms with Crippen LogP contribution in [0.3, 0.4) is 0 Å². The molecule has 6 nitrogen and oxygen atoms in total. The molecule has 0 radical (unpaired) electrons. The zero-order valence-corrected chi connectivity index (χ0v) is 16.9. The Morgan fingerprint density at radius 3 is 2.67 bits per heavy atom. The van der Waals surface area contributed by atoms with E-state index < -0.39 is 0 Å². The summed E-state index contributed by atoms with van der Waals surface area (Å²) in [6.45, 7) is 0.489. The van der Waals surface area contributed by atoms with Crippen molar-refractivity contribution in [1.29, 1.82) is 0 Å². The molecule has 0 bridgehead atoms. The van der Waals surface area contributed by atoms with Crippen LogP contribution >= 0.6 is 11.3 Å². The first-order chi connectivity index (χ1) is 14.7. The molecule has 4 aromatic rings. The van der Waals surface area contributed by atoms with Gasteiger partial charge in [-0.25, -0.2) is 14.4 Å². The highest BCUT2D eigenvalue weighted by Crippen LogP contribution is 2.17. The van der Waals surface area contributed by atoms with E-state index in [1.165, 1.54) is 29.8 Å². The third kappa shape index (κ3) is 5.36. The van der Waals surface area contributed by atoms with Crippen LogP contribution in [0, 0.1) is 5.82 Å². The van der Waals surface area contributed by atoms with Gasteiger partial charge in [0.15, 0.2) is 0 Å². The molecule has 1 unspecified atom stereocenters. The highest BCUT2D eigenvalue weighted by atomic mass is 32.1. The normalized spacial score (nSPS) is 11.9. The Bertz CT molecular complexity index is 1080. The average Bonchev–Trinajstić information content (AvgIpc) is 3.42. The van der Waals surface area contributed by atoms with Crippen molar-refractivity contribution in [2.24, 2.45) is 0 Å².